The number of rotatable bonds is 9. The van der Waals surface area contributed by atoms with Crippen molar-refractivity contribution in [2.75, 3.05) is 19.6 Å². The van der Waals surface area contributed by atoms with Crippen molar-refractivity contribution in [2.45, 2.75) is 59.0 Å². The number of urea groups is 1. The quantitative estimate of drug-likeness (QED) is 0.602. The van der Waals surface area contributed by atoms with Gasteiger partial charge in [-0.25, -0.2) is 4.79 Å². The molecule has 1 atom stereocenters. The lowest BCUT2D eigenvalue weighted by molar-refractivity contribution is -0.137. The third-order valence-corrected chi connectivity index (χ3v) is 3.22. The molecule has 0 fully saturated rings. The van der Waals surface area contributed by atoms with Crippen LogP contribution in [0, 0.1) is 0 Å². The third kappa shape index (κ3) is 8.74. The Kier molecular flexibility index (Phi) is 8.22. The number of amides is 2. The number of carboxylic acids is 1. The van der Waals surface area contributed by atoms with Crippen LogP contribution in [0.5, 0.6) is 0 Å². The Balaban J connectivity index is 4.17. The van der Waals surface area contributed by atoms with Gasteiger partial charge in [0.05, 0.1) is 0 Å². The average Bonchev–Trinajstić information content (AvgIpc) is 2.32. The number of carbonyl (C=O) groups excluding carboxylic acids is 1. The minimum atomic E-state index is -0.852. The molecule has 6 heteroatoms. The van der Waals surface area contributed by atoms with Crippen LogP contribution in [0.3, 0.4) is 0 Å². The summed E-state index contributed by atoms with van der Waals surface area (Å²) in [6.07, 6.45) is 0.447. The van der Waals surface area contributed by atoms with Gasteiger partial charge in [-0.1, -0.05) is 13.8 Å². The normalized spacial score (nSPS) is 13.1. The van der Waals surface area contributed by atoms with E-state index in [4.69, 9.17) is 5.11 Å². The highest BCUT2D eigenvalue weighted by molar-refractivity contribution is 5.75. The van der Waals surface area contributed by atoms with Crippen molar-refractivity contribution in [3.05, 3.63) is 0 Å². The molecular weight excluding hydrogens is 258 g/mol. The molecule has 0 heterocycles. The fourth-order valence-corrected chi connectivity index (χ4v) is 1.96. The number of carbonyl (C=O) groups is 2. The lowest BCUT2D eigenvalue weighted by atomic mass is 9.99. The molecule has 20 heavy (non-hydrogen) atoms. The lowest BCUT2D eigenvalue weighted by Gasteiger charge is -2.28. The second-order valence-electron chi connectivity index (χ2n) is 5.76. The largest absolute Gasteiger partial charge is 0.481 e. The molecule has 0 bridgehead atoms. The maximum absolute atomic E-state index is 11.9. The third-order valence-electron chi connectivity index (χ3n) is 3.22. The highest BCUT2D eigenvalue weighted by Gasteiger charge is 2.22. The van der Waals surface area contributed by atoms with Crippen molar-refractivity contribution in [1.82, 2.24) is 15.5 Å². The Morgan fingerprint density at radius 3 is 2.25 bits per heavy atom. The van der Waals surface area contributed by atoms with Crippen LogP contribution < -0.4 is 10.6 Å². The summed E-state index contributed by atoms with van der Waals surface area (Å²) < 4.78 is 0. The number of aliphatic carboxylic acids is 1. The van der Waals surface area contributed by atoms with Crippen molar-refractivity contribution in [1.29, 1.82) is 0 Å². The number of carboxylic acid groups (broad SMARTS) is 1. The first-order valence-corrected chi connectivity index (χ1v) is 7.23. The summed E-state index contributed by atoms with van der Waals surface area (Å²) >= 11 is 0. The molecule has 0 aliphatic rings. The van der Waals surface area contributed by atoms with E-state index in [1.807, 2.05) is 20.8 Å². The van der Waals surface area contributed by atoms with E-state index in [0.717, 1.165) is 19.6 Å². The van der Waals surface area contributed by atoms with Gasteiger partial charge in [-0.3, -0.25) is 4.79 Å². The standard InChI is InChI=1S/C14H29N3O3/c1-6-17(7-2)10-11(3)15-13(20)16-14(4,5)9-8-12(18)19/h11H,6-10H2,1-5H3,(H,18,19)(H2,15,16,20). The first-order chi connectivity index (χ1) is 9.20. The molecule has 0 aromatic heterocycles. The second-order valence-corrected chi connectivity index (χ2v) is 5.76. The SMILES string of the molecule is CCN(CC)CC(C)NC(=O)NC(C)(C)CCC(=O)O. The molecule has 0 saturated carbocycles. The molecule has 118 valence electrons. The molecule has 2 amide bonds. The monoisotopic (exact) mass is 287 g/mol. The molecule has 0 saturated heterocycles. The molecule has 0 aliphatic carbocycles. The minimum Gasteiger partial charge on any atom is -0.481 e. The minimum absolute atomic E-state index is 0.0439. The Labute approximate surface area is 121 Å². The Hall–Kier alpha value is -1.30. The van der Waals surface area contributed by atoms with Gasteiger partial charge in [0.15, 0.2) is 0 Å². The maximum Gasteiger partial charge on any atom is 0.315 e. The van der Waals surface area contributed by atoms with E-state index in [1.165, 1.54) is 0 Å². The zero-order valence-electron chi connectivity index (χ0n) is 13.3. The van der Waals surface area contributed by atoms with Crippen LogP contribution >= 0.6 is 0 Å². The van der Waals surface area contributed by atoms with Crippen molar-refractivity contribution < 1.29 is 14.7 Å². The van der Waals surface area contributed by atoms with E-state index < -0.39 is 11.5 Å². The maximum atomic E-state index is 11.9. The van der Waals surface area contributed by atoms with E-state index in [2.05, 4.69) is 29.4 Å². The van der Waals surface area contributed by atoms with E-state index >= 15 is 0 Å². The highest BCUT2D eigenvalue weighted by atomic mass is 16.4. The van der Waals surface area contributed by atoms with E-state index in [1.54, 1.807) is 0 Å². The zero-order chi connectivity index (χ0) is 15.8. The van der Waals surface area contributed by atoms with E-state index in [0.29, 0.717) is 6.42 Å². The van der Waals surface area contributed by atoms with Gasteiger partial charge in [-0.05, 0) is 40.3 Å². The Bertz CT molecular complexity index is 315. The van der Waals surface area contributed by atoms with Crippen LogP contribution in [0.25, 0.3) is 0 Å². The Morgan fingerprint density at radius 2 is 1.80 bits per heavy atom. The van der Waals surface area contributed by atoms with Gasteiger partial charge in [-0.15, -0.1) is 0 Å². The average molecular weight is 287 g/mol. The van der Waals surface area contributed by atoms with Gasteiger partial charge < -0.3 is 20.6 Å². The van der Waals surface area contributed by atoms with Gasteiger partial charge in [0.2, 0.25) is 0 Å². The summed E-state index contributed by atoms with van der Waals surface area (Å²) in [5.41, 5.74) is -0.530. The summed E-state index contributed by atoms with van der Waals surface area (Å²) in [6, 6.07) is -0.204. The van der Waals surface area contributed by atoms with Crippen molar-refractivity contribution in [3.8, 4) is 0 Å². The summed E-state index contributed by atoms with van der Waals surface area (Å²) in [7, 11) is 0. The summed E-state index contributed by atoms with van der Waals surface area (Å²) in [4.78, 5) is 24.7. The second kappa shape index (κ2) is 8.79. The van der Waals surface area contributed by atoms with Crippen molar-refractivity contribution in [2.24, 2.45) is 0 Å². The van der Waals surface area contributed by atoms with Gasteiger partial charge >= 0.3 is 12.0 Å². The number of hydrogen-bond acceptors (Lipinski definition) is 3. The molecule has 0 spiro atoms. The van der Waals surface area contributed by atoms with Crippen LogP contribution in [0.4, 0.5) is 4.79 Å². The van der Waals surface area contributed by atoms with Gasteiger partial charge in [0, 0.05) is 24.5 Å². The number of hydrogen-bond donors (Lipinski definition) is 3. The molecule has 1 unspecified atom stereocenters. The molecule has 0 rings (SSSR count). The van der Waals surface area contributed by atoms with Crippen LogP contribution in [0.15, 0.2) is 0 Å². The van der Waals surface area contributed by atoms with Crippen molar-refractivity contribution >= 4 is 12.0 Å². The molecule has 0 radical (unpaired) electrons. The predicted octanol–water partition coefficient (Wildman–Crippen LogP) is 1.66. The topological polar surface area (TPSA) is 81.7 Å². The first kappa shape index (κ1) is 18.7. The number of likely N-dealkylation sites (N-methyl/N-ethyl adjacent to an activating group) is 1. The molecule has 0 aromatic rings. The molecule has 0 aliphatic heterocycles. The lowest BCUT2D eigenvalue weighted by Crippen LogP contribution is -2.52. The van der Waals surface area contributed by atoms with E-state index in [-0.39, 0.29) is 18.5 Å². The summed E-state index contributed by atoms with van der Waals surface area (Å²) in [5.74, 6) is -0.852. The fraction of sp³-hybridized carbons (Fsp3) is 0.857. The van der Waals surface area contributed by atoms with Gasteiger partial charge in [0.25, 0.3) is 0 Å². The molecule has 6 nitrogen and oxygen atoms in total. The van der Waals surface area contributed by atoms with Crippen LogP contribution in [0.1, 0.15) is 47.5 Å². The smallest absolute Gasteiger partial charge is 0.315 e. The summed E-state index contributed by atoms with van der Waals surface area (Å²) in [5, 5.41) is 14.4. The first-order valence-electron chi connectivity index (χ1n) is 7.23. The number of nitrogens with zero attached hydrogens (tertiary/aromatic N) is 1. The van der Waals surface area contributed by atoms with Crippen LogP contribution in [-0.2, 0) is 4.79 Å². The molecule has 3 N–H and O–H groups in total. The molecular formula is C14H29N3O3. The van der Waals surface area contributed by atoms with Gasteiger partial charge in [0.1, 0.15) is 0 Å². The fourth-order valence-electron chi connectivity index (χ4n) is 1.96. The van der Waals surface area contributed by atoms with Crippen LogP contribution in [0.2, 0.25) is 0 Å². The van der Waals surface area contributed by atoms with Crippen molar-refractivity contribution in [3.63, 3.8) is 0 Å². The van der Waals surface area contributed by atoms with Gasteiger partial charge in [-0.2, -0.15) is 0 Å². The highest BCUT2D eigenvalue weighted by Crippen LogP contribution is 2.10. The molecule has 0 aromatic carbocycles. The Morgan fingerprint density at radius 1 is 1.25 bits per heavy atom. The summed E-state index contributed by atoms with van der Waals surface area (Å²) in [6.45, 7) is 12.5. The predicted molar refractivity (Wildman–Crippen MR) is 79.9 cm³/mol. The zero-order valence-corrected chi connectivity index (χ0v) is 13.3. The number of nitrogens with one attached hydrogen (secondary N) is 2. The van der Waals surface area contributed by atoms with E-state index in [9.17, 15) is 9.59 Å². The van der Waals surface area contributed by atoms with Crippen LogP contribution in [-0.4, -0.2) is 53.2 Å².